The summed E-state index contributed by atoms with van der Waals surface area (Å²) in [5.41, 5.74) is 0. The van der Waals surface area contributed by atoms with E-state index in [2.05, 4.69) is 24.1 Å². The molecule has 0 spiro atoms. The lowest BCUT2D eigenvalue weighted by molar-refractivity contribution is 0.110. The topological polar surface area (TPSA) is 47.3 Å². The van der Waals surface area contributed by atoms with Gasteiger partial charge in [0.1, 0.15) is 5.76 Å². The Labute approximate surface area is 104 Å². The van der Waals surface area contributed by atoms with Gasteiger partial charge in [0, 0.05) is 20.0 Å². The van der Waals surface area contributed by atoms with Crippen molar-refractivity contribution in [2.24, 2.45) is 0 Å². The molecule has 98 valence electrons. The molecule has 0 aliphatic carbocycles. The molecule has 0 radical (unpaired) electrons. The zero-order valence-electron chi connectivity index (χ0n) is 11.2. The number of nitrogens with one attached hydrogen (secondary N) is 1. The minimum Gasteiger partial charge on any atom is -0.446 e. The molecule has 0 saturated heterocycles. The molecule has 0 aliphatic rings. The lowest BCUT2D eigenvalue weighted by Gasteiger charge is -2.06. The van der Waals surface area contributed by atoms with Crippen LogP contribution in [0.2, 0.25) is 0 Å². The lowest BCUT2D eigenvalue weighted by atomic mass is 10.2. The molecule has 1 atom stereocenters. The minimum atomic E-state index is 0.275. The molecule has 1 rings (SSSR count). The van der Waals surface area contributed by atoms with Crippen LogP contribution in [0.1, 0.15) is 38.3 Å². The number of ether oxygens (including phenoxy) is 1. The Bertz CT molecular complexity index is 299. The van der Waals surface area contributed by atoms with Gasteiger partial charge in [-0.1, -0.05) is 6.92 Å². The number of oxazole rings is 1. The monoisotopic (exact) mass is 240 g/mol. The Morgan fingerprint density at radius 1 is 1.47 bits per heavy atom. The quantitative estimate of drug-likeness (QED) is 0.672. The number of nitrogens with zero attached hydrogens (tertiary/aromatic N) is 1. The van der Waals surface area contributed by atoms with Crippen LogP contribution in [0.3, 0.4) is 0 Å². The van der Waals surface area contributed by atoms with Crippen molar-refractivity contribution in [2.45, 2.75) is 45.6 Å². The highest BCUT2D eigenvalue weighted by Crippen LogP contribution is 2.10. The standard InChI is InChI=1S/C13H24N2O2/c1-4-14-9-5-6-13-15-10-12(17-13)8-7-11(2)16-3/h10-11,14H,4-9H2,1-3H3. The third-order valence-corrected chi connectivity index (χ3v) is 2.80. The zero-order valence-corrected chi connectivity index (χ0v) is 11.2. The first kappa shape index (κ1) is 14.2. The van der Waals surface area contributed by atoms with Gasteiger partial charge in [-0.25, -0.2) is 4.98 Å². The fourth-order valence-corrected chi connectivity index (χ4v) is 1.58. The molecule has 0 aliphatic heterocycles. The van der Waals surface area contributed by atoms with Crippen LogP contribution in [0.4, 0.5) is 0 Å². The van der Waals surface area contributed by atoms with Gasteiger partial charge < -0.3 is 14.5 Å². The molecule has 0 fully saturated rings. The van der Waals surface area contributed by atoms with Gasteiger partial charge in [0.15, 0.2) is 5.89 Å². The van der Waals surface area contributed by atoms with E-state index in [1.165, 1.54) is 0 Å². The van der Waals surface area contributed by atoms with E-state index in [4.69, 9.17) is 9.15 Å². The van der Waals surface area contributed by atoms with Crippen molar-refractivity contribution in [3.05, 3.63) is 17.8 Å². The van der Waals surface area contributed by atoms with E-state index in [1.807, 2.05) is 6.20 Å². The summed E-state index contributed by atoms with van der Waals surface area (Å²) in [6, 6.07) is 0. The Hall–Kier alpha value is -0.870. The first-order valence-corrected chi connectivity index (χ1v) is 6.43. The maximum absolute atomic E-state index is 5.66. The number of aromatic nitrogens is 1. The second kappa shape index (κ2) is 8.25. The Morgan fingerprint density at radius 3 is 3.00 bits per heavy atom. The molecule has 0 amide bonds. The highest BCUT2D eigenvalue weighted by atomic mass is 16.5. The lowest BCUT2D eigenvalue weighted by Crippen LogP contribution is -2.14. The smallest absolute Gasteiger partial charge is 0.194 e. The molecule has 4 heteroatoms. The van der Waals surface area contributed by atoms with Crippen molar-refractivity contribution < 1.29 is 9.15 Å². The first-order valence-electron chi connectivity index (χ1n) is 6.43. The third-order valence-electron chi connectivity index (χ3n) is 2.80. The molecule has 0 bridgehead atoms. The second-order valence-corrected chi connectivity index (χ2v) is 4.26. The van der Waals surface area contributed by atoms with Gasteiger partial charge in [-0.2, -0.15) is 0 Å². The van der Waals surface area contributed by atoms with Crippen LogP contribution in [0.5, 0.6) is 0 Å². The molecule has 17 heavy (non-hydrogen) atoms. The summed E-state index contributed by atoms with van der Waals surface area (Å²) in [5.74, 6) is 1.82. The summed E-state index contributed by atoms with van der Waals surface area (Å²) in [4.78, 5) is 4.28. The number of aryl methyl sites for hydroxylation is 2. The normalized spacial score (nSPS) is 12.9. The van der Waals surface area contributed by atoms with E-state index in [0.717, 1.165) is 50.4 Å². The molecule has 4 nitrogen and oxygen atoms in total. The summed E-state index contributed by atoms with van der Waals surface area (Å²) < 4.78 is 10.9. The molecule has 1 aromatic rings. The van der Waals surface area contributed by atoms with Gasteiger partial charge in [-0.15, -0.1) is 0 Å². The van der Waals surface area contributed by atoms with Gasteiger partial charge >= 0.3 is 0 Å². The fraction of sp³-hybridized carbons (Fsp3) is 0.769. The van der Waals surface area contributed by atoms with Crippen LogP contribution in [-0.2, 0) is 17.6 Å². The van der Waals surface area contributed by atoms with Crippen molar-refractivity contribution in [2.75, 3.05) is 20.2 Å². The van der Waals surface area contributed by atoms with Gasteiger partial charge in [-0.05, 0) is 32.9 Å². The number of rotatable bonds is 9. The van der Waals surface area contributed by atoms with Crippen LogP contribution in [0, 0.1) is 0 Å². The first-order chi connectivity index (χ1) is 8.26. The molecule has 1 aromatic heterocycles. The van der Waals surface area contributed by atoms with Crippen molar-refractivity contribution in [1.29, 1.82) is 0 Å². The summed E-state index contributed by atoms with van der Waals surface area (Å²) in [5, 5.41) is 3.29. The SMILES string of the molecule is CCNCCCc1ncc(CCC(C)OC)o1. The average Bonchev–Trinajstić information content (AvgIpc) is 2.79. The predicted molar refractivity (Wildman–Crippen MR) is 68.2 cm³/mol. The van der Waals surface area contributed by atoms with Crippen LogP contribution in [-0.4, -0.2) is 31.3 Å². The Kier molecular flexibility index (Phi) is 6.89. The van der Waals surface area contributed by atoms with Crippen molar-refractivity contribution in [3.8, 4) is 0 Å². The molecule has 1 N–H and O–H groups in total. The molecule has 0 aromatic carbocycles. The largest absolute Gasteiger partial charge is 0.446 e. The molecule has 0 saturated carbocycles. The van der Waals surface area contributed by atoms with E-state index < -0.39 is 0 Å². The van der Waals surface area contributed by atoms with E-state index in [9.17, 15) is 0 Å². The minimum absolute atomic E-state index is 0.275. The average molecular weight is 240 g/mol. The van der Waals surface area contributed by atoms with Gasteiger partial charge in [0.25, 0.3) is 0 Å². The van der Waals surface area contributed by atoms with Crippen molar-refractivity contribution in [3.63, 3.8) is 0 Å². The zero-order chi connectivity index (χ0) is 12.5. The van der Waals surface area contributed by atoms with Crippen LogP contribution < -0.4 is 5.32 Å². The van der Waals surface area contributed by atoms with Crippen molar-refractivity contribution in [1.82, 2.24) is 10.3 Å². The molecular formula is C13H24N2O2. The Morgan fingerprint density at radius 2 is 2.29 bits per heavy atom. The van der Waals surface area contributed by atoms with E-state index in [-0.39, 0.29) is 6.10 Å². The second-order valence-electron chi connectivity index (χ2n) is 4.26. The fourth-order valence-electron chi connectivity index (χ4n) is 1.58. The number of hydrogen-bond donors (Lipinski definition) is 1. The number of hydrogen-bond acceptors (Lipinski definition) is 4. The van der Waals surface area contributed by atoms with E-state index in [1.54, 1.807) is 7.11 Å². The molecule has 1 heterocycles. The highest BCUT2D eigenvalue weighted by Gasteiger charge is 2.06. The van der Waals surface area contributed by atoms with E-state index in [0.29, 0.717) is 0 Å². The van der Waals surface area contributed by atoms with Crippen molar-refractivity contribution >= 4 is 0 Å². The Balaban J connectivity index is 2.22. The van der Waals surface area contributed by atoms with E-state index >= 15 is 0 Å². The predicted octanol–water partition coefficient (Wildman–Crippen LogP) is 2.18. The summed E-state index contributed by atoms with van der Waals surface area (Å²) in [6.07, 6.45) is 5.97. The maximum Gasteiger partial charge on any atom is 0.194 e. The molecular weight excluding hydrogens is 216 g/mol. The molecule has 1 unspecified atom stereocenters. The third kappa shape index (κ3) is 5.84. The van der Waals surface area contributed by atoms with Crippen LogP contribution in [0.15, 0.2) is 10.6 Å². The summed E-state index contributed by atoms with van der Waals surface area (Å²) in [6.45, 7) is 6.22. The van der Waals surface area contributed by atoms with Gasteiger partial charge in [0.2, 0.25) is 0 Å². The highest BCUT2D eigenvalue weighted by molar-refractivity contribution is 4.94. The van der Waals surface area contributed by atoms with Crippen LogP contribution in [0.25, 0.3) is 0 Å². The van der Waals surface area contributed by atoms with Gasteiger partial charge in [-0.3, -0.25) is 0 Å². The maximum atomic E-state index is 5.66. The van der Waals surface area contributed by atoms with Gasteiger partial charge in [0.05, 0.1) is 12.3 Å². The van der Waals surface area contributed by atoms with Crippen LogP contribution >= 0.6 is 0 Å². The summed E-state index contributed by atoms with van der Waals surface area (Å²) >= 11 is 0. The number of methoxy groups -OCH3 is 1. The summed E-state index contributed by atoms with van der Waals surface area (Å²) in [7, 11) is 1.73.